The van der Waals surface area contributed by atoms with Crippen LogP contribution in [0.2, 0.25) is 0 Å². The summed E-state index contributed by atoms with van der Waals surface area (Å²) < 4.78 is 23.8. The Morgan fingerprint density at radius 3 is 2.43 bits per heavy atom. The predicted molar refractivity (Wildman–Crippen MR) is 83.0 cm³/mol. The number of rotatable bonds is 4. The van der Waals surface area contributed by atoms with E-state index in [-0.39, 0.29) is 10.5 Å². The summed E-state index contributed by atoms with van der Waals surface area (Å²) in [4.78, 5) is 12.0. The van der Waals surface area contributed by atoms with Crippen LogP contribution in [0, 0.1) is 0 Å². The summed E-state index contributed by atoms with van der Waals surface area (Å²) in [5.74, 6) is -1.09. The monoisotopic (exact) mass is 387 g/mol. The maximum atomic E-state index is 11.6. The van der Waals surface area contributed by atoms with Crippen molar-refractivity contribution in [2.75, 3.05) is 0 Å². The van der Waals surface area contributed by atoms with E-state index in [0.717, 1.165) is 11.8 Å². The Bertz CT molecular complexity index is 806. The van der Waals surface area contributed by atoms with Crippen LogP contribution in [0.25, 0.3) is 0 Å². The molecule has 0 aliphatic heterocycles. The van der Waals surface area contributed by atoms with Crippen LogP contribution in [0.15, 0.2) is 61.6 Å². The van der Waals surface area contributed by atoms with Crippen molar-refractivity contribution in [1.82, 2.24) is 0 Å². The van der Waals surface area contributed by atoms with E-state index in [1.165, 1.54) is 12.1 Å². The van der Waals surface area contributed by atoms with Gasteiger partial charge in [-0.05, 0) is 30.3 Å². The molecule has 5 nitrogen and oxygen atoms in total. The lowest BCUT2D eigenvalue weighted by Crippen LogP contribution is -2.13. The predicted octanol–water partition coefficient (Wildman–Crippen LogP) is 2.95. The van der Waals surface area contributed by atoms with Gasteiger partial charge in [-0.1, -0.05) is 39.8 Å². The Kier molecular flexibility index (Phi) is 4.72. The molecule has 21 heavy (non-hydrogen) atoms. The molecule has 0 aromatic heterocycles. The second-order valence-electron chi connectivity index (χ2n) is 4.04. The molecule has 0 unspecified atom stereocenters. The third-order valence-electron chi connectivity index (χ3n) is 2.55. The van der Waals surface area contributed by atoms with E-state index in [1.807, 2.05) is 0 Å². The third kappa shape index (κ3) is 3.85. The van der Waals surface area contributed by atoms with Gasteiger partial charge in [-0.3, -0.25) is 0 Å². The van der Waals surface area contributed by atoms with Crippen LogP contribution in [-0.4, -0.2) is 19.5 Å². The van der Waals surface area contributed by atoms with Crippen LogP contribution in [0.1, 0.15) is 10.4 Å². The first-order valence-corrected chi connectivity index (χ1v) is 8.77. The second-order valence-corrected chi connectivity index (χ2v) is 7.57. The van der Waals surface area contributed by atoms with Crippen molar-refractivity contribution in [2.24, 2.45) is 5.14 Å². The van der Waals surface area contributed by atoms with Gasteiger partial charge in [0.05, 0.1) is 10.5 Å². The van der Waals surface area contributed by atoms with Gasteiger partial charge in [0.2, 0.25) is 10.0 Å². The minimum Gasteiger partial charge on any atom is -0.478 e. The van der Waals surface area contributed by atoms with Crippen molar-refractivity contribution in [3.63, 3.8) is 0 Å². The minimum absolute atomic E-state index is 0.0358. The van der Waals surface area contributed by atoms with Crippen molar-refractivity contribution < 1.29 is 18.3 Å². The molecule has 0 radical (unpaired) electrons. The fraction of sp³-hybridized carbons (Fsp3) is 0. The first-order chi connectivity index (χ1) is 9.79. The first-order valence-electron chi connectivity index (χ1n) is 5.61. The van der Waals surface area contributed by atoms with Crippen LogP contribution in [-0.2, 0) is 10.0 Å². The summed E-state index contributed by atoms with van der Waals surface area (Å²) in [6.45, 7) is 0. The van der Waals surface area contributed by atoms with E-state index in [1.54, 1.807) is 30.3 Å². The molecule has 0 aliphatic carbocycles. The van der Waals surface area contributed by atoms with Crippen molar-refractivity contribution in [1.29, 1.82) is 0 Å². The van der Waals surface area contributed by atoms with Gasteiger partial charge in [0.25, 0.3) is 0 Å². The van der Waals surface area contributed by atoms with Gasteiger partial charge in [0, 0.05) is 14.3 Å². The topological polar surface area (TPSA) is 97.5 Å². The molecular weight excluding hydrogens is 378 g/mol. The molecule has 0 aliphatic rings. The van der Waals surface area contributed by atoms with Gasteiger partial charge in [0.15, 0.2) is 0 Å². The summed E-state index contributed by atoms with van der Waals surface area (Å²) in [6.07, 6.45) is 0. The summed E-state index contributed by atoms with van der Waals surface area (Å²) in [7, 11) is -3.88. The standard InChI is InChI=1S/C13H10BrNO4S2/c14-8-5-6-9(13(16)17)11(7-8)20-10-3-1-2-4-12(10)21(15,18)19/h1-7H,(H,16,17)(H2,15,18,19). The number of hydrogen-bond donors (Lipinski definition) is 2. The number of carboxylic acids is 1. The normalized spacial score (nSPS) is 11.3. The molecule has 0 atom stereocenters. The Morgan fingerprint density at radius 2 is 1.81 bits per heavy atom. The molecule has 0 amide bonds. The lowest BCUT2D eigenvalue weighted by molar-refractivity contribution is 0.0693. The lowest BCUT2D eigenvalue weighted by Gasteiger charge is -2.09. The highest BCUT2D eigenvalue weighted by molar-refractivity contribution is 9.10. The molecule has 0 heterocycles. The van der Waals surface area contributed by atoms with E-state index in [4.69, 9.17) is 5.14 Å². The molecule has 0 saturated carbocycles. The molecule has 0 saturated heterocycles. The number of nitrogens with two attached hydrogens (primary N) is 1. The molecule has 3 N–H and O–H groups in total. The molecule has 8 heteroatoms. The summed E-state index contributed by atoms with van der Waals surface area (Å²) in [6, 6.07) is 10.9. The zero-order valence-electron chi connectivity index (χ0n) is 10.5. The van der Waals surface area contributed by atoms with Gasteiger partial charge in [0.1, 0.15) is 0 Å². The Morgan fingerprint density at radius 1 is 1.14 bits per heavy atom. The highest BCUT2D eigenvalue weighted by atomic mass is 79.9. The van der Waals surface area contributed by atoms with Crippen molar-refractivity contribution in [2.45, 2.75) is 14.7 Å². The van der Waals surface area contributed by atoms with Crippen LogP contribution in [0.3, 0.4) is 0 Å². The fourth-order valence-electron chi connectivity index (χ4n) is 1.65. The third-order valence-corrected chi connectivity index (χ3v) is 5.27. The maximum absolute atomic E-state index is 11.6. The van der Waals surface area contributed by atoms with Crippen LogP contribution < -0.4 is 5.14 Å². The fourth-order valence-corrected chi connectivity index (χ4v) is 4.25. The molecular formula is C13H10BrNO4S2. The van der Waals surface area contributed by atoms with E-state index in [2.05, 4.69) is 15.9 Å². The van der Waals surface area contributed by atoms with Crippen LogP contribution in [0.4, 0.5) is 0 Å². The lowest BCUT2D eigenvalue weighted by atomic mass is 10.2. The number of hydrogen-bond acceptors (Lipinski definition) is 4. The van der Waals surface area contributed by atoms with E-state index in [0.29, 0.717) is 14.3 Å². The highest BCUT2D eigenvalue weighted by Crippen LogP contribution is 2.35. The molecule has 2 aromatic carbocycles. The number of primary sulfonamides is 1. The molecule has 0 fully saturated rings. The van der Waals surface area contributed by atoms with Gasteiger partial charge < -0.3 is 5.11 Å². The Hall–Kier alpha value is -1.35. The average molecular weight is 388 g/mol. The number of benzene rings is 2. The number of sulfonamides is 1. The molecule has 0 spiro atoms. The number of aromatic carboxylic acids is 1. The van der Waals surface area contributed by atoms with Gasteiger partial charge in [-0.15, -0.1) is 0 Å². The largest absolute Gasteiger partial charge is 0.478 e. The van der Waals surface area contributed by atoms with Crippen molar-refractivity contribution in [3.05, 3.63) is 52.5 Å². The summed E-state index contributed by atoms with van der Waals surface area (Å²) >= 11 is 4.31. The van der Waals surface area contributed by atoms with Gasteiger partial charge in [-0.2, -0.15) is 0 Å². The second kappa shape index (κ2) is 6.18. The molecule has 0 bridgehead atoms. The SMILES string of the molecule is NS(=O)(=O)c1ccccc1Sc1cc(Br)ccc1C(=O)O. The van der Waals surface area contributed by atoms with E-state index in [9.17, 15) is 18.3 Å². The average Bonchev–Trinajstić information content (AvgIpc) is 2.37. The quantitative estimate of drug-likeness (QED) is 0.840. The van der Waals surface area contributed by atoms with Crippen molar-refractivity contribution >= 4 is 43.7 Å². The van der Waals surface area contributed by atoms with E-state index < -0.39 is 16.0 Å². The first kappa shape index (κ1) is 16.0. The van der Waals surface area contributed by atoms with Crippen LogP contribution >= 0.6 is 27.7 Å². The number of carbonyl (C=O) groups is 1. The van der Waals surface area contributed by atoms with Crippen LogP contribution in [0.5, 0.6) is 0 Å². The minimum atomic E-state index is -3.88. The Balaban J connectivity index is 2.54. The maximum Gasteiger partial charge on any atom is 0.336 e. The van der Waals surface area contributed by atoms with E-state index >= 15 is 0 Å². The number of carboxylic acid groups (broad SMARTS) is 1. The zero-order chi connectivity index (χ0) is 15.6. The van der Waals surface area contributed by atoms with Gasteiger partial charge >= 0.3 is 5.97 Å². The van der Waals surface area contributed by atoms with Crippen molar-refractivity contribution in [3.8, 4) is 0 Å². The zero-order valence-corrected chi connectivity index (χ0v) is 13.7. The molecule has 110 valence electrons. The van der Waals surface area contributed by atoms with Gasteiger partial charge in [-0.25, -0.2) is 18.4 Å². The Labute approximate surface area is 134 Å². The number of halogens is 1. The highest BCUT2D eigenvalue weighted by Gasteiger charge is 2.17. The molecule has 2 rings (SSSR count). The molecule has 2 aromatic rings. The summed E-state index contributed by atoms with van der Waals surface area (Å²) in [5, 5.41) is 14.4. The smallest absolute Gasteiger partial charge is 0.336 e. The summed E-state index contributed by atoms with van der Waals surface area (Å²) in [5.41, 5.74) is 0.0902.